The molecule has 0 aromatic rings. The first-order valence-corrected chi connectivity index (χ1v) is 5.84. The normalized spacial score (nSPS) is 22.6. The van der Waals surface area contributed by atoms with Crippen LogP contribution in [0.2, 0.25) is 0 Å². The lowest BCUT2D eigenvalue weighted by molar-refractivity contribution is -0.142. The molecular weight excluding hydrogens is 256 g/mol. The zero-order valence-corrected chi connectivity index (χ0v) is 11.1. The van der Waals surface area contributed by atoms with E-state index in [9.17, 15) is 14.4 Å². The average molecular weight is 274 g/mol. The van der Waals surface area contributed by atoms with Crippen molar-refractivity contribution in [3.05, 3.63) is 0 Å². The molecule has 8 heteroatoms. The van der Waals surface area contributed by atoms with Crippen molar-refractivity contribution < 1.29 is 29.0 Å². The summed E-state index contributed by atoms with van der Waals surface area (Å²) >= 11 is 0. The van der Waals surface area contributed by atoms with Gasteiger partial charge >= 0.3 is 18.2 Å². The van der Waals surface area contributed by atoms with Gasteiger partial charge in [-0.05, 0) is 20.8 Å². The number of ether oxygens (including phenoxy) is 2. The van der Waals surface area contributed by atoms with Crippen LogP contribution < -0.4 is 10.6 Å². The van der Waals surface area contributed by atoms with E-state index in [4.69, 9.17) is 14.6 Å². The van der Waals surface area contributed by atoms with Crippen molar-refractivity contribution in [3.63, 3.8) is 0 Å². The van der Waals surface area contributed by atoms with Crippen LogP contribution in [-0.4, -0.2) is 47.6 Å². The Kier molecular flexibility index (Phi) is 4.57. The molecule has 0 aliphatic carbocycles. The van der Waals surface area contributed by atoms with E-state index in [-0.39, 0.29) is 13.0 Å². The zero-order chi connectivity index (χ0) is 14.6. The Morgan fingerprint density at radius 1 is 1.47 bits per heavy atom. The van der Waals surface area contributed by atoms with Gasteiger partial charge in [0.15, 0.2) is 0 Å². The average Bonchev–Trinajstić information content (AvgIpc) is 2.54. The summed E-state index contributed by atoms with van der Waals surface area (Å²) in [7, 11) is 0. The highest BCUT2D eigenvalue weighted by Crippen LogP contribution is 2.15. The Bertz CT molecular complexity index is 376. The predicted molar refractivity (Wildman–Crippen MR) is 63.7 cm³/mol. The summed E-state index contributed by atoms with van der Waals surface area (Å²) in [6, 6.07) is -0.810. The van der Waals surface area contributed by atoms with E-state index in [1.165, 1.54) is 0 Å². The fourth-order valence-electron chi connectivity index (χ4n) is 1.55. The summed E-state index contributed by atoms with van der Waals surface area (Å²) in [5.41, 5.74) is -0.656. The molecule has 1 aliphatic heterocycles. The summed E-state index contributed by atoms with van der Waals surface area (Å²) < 4.78 is 9.93. The van der Waals surface area contributed by atoms with E-state index < -0.39 is 35.9 Å². The van der Waals surface area contributed by atoms with Crippen molar-refractivity contribution in [2.24, 2.45) is 0 Å². The van der Waals surface area contributed by atoms with E-state index >= 15 is 0 Å². The van der Waals surface area contributed by atoms with Crippen LogP contribution in [-0.2, 0) is 14.3 Å². The van der Waals surface area contributed by atoms with E-state index in [0.717, 1.165) is 0 Å². The van der Waals surface area contributed by atoms with Crippen molar-refractivity contribution in [1.29, 1.82) is 0 Å². The van der Waals surface area contributed by atoms with Gasteiger partial charge in [-0.25, -0.2) is 14.4 Å². The number of carbonyl (C=O) groups excluding carboxylic acids is 2. The van der Waals surface area contributed by atoms with E-state index in [0.29, 0.717) is 0 Å². The van der Waals surface area contributed by atoms with Crippen molar-refractivity contribution in [2.45, 2.75) is 44.9 Å². The SMILES string of the molecule is CC(C)(C)OC(=O)N[C@H]1C[C@H](CNC(=O)O)OC1=O. The van der Waals surface area contributed by atoms with Crippen LogP contribution in [0.25, 0.3) is 0 Å². The van der Waals surface area contributed by atoms with Gasteiger partial charge in [0, 0.05) is 6.42 Å². The standard InChI is InChI=1S/C11H18N2O6/c1-11(2,3)19-10(17)13-7-4-6(18-8(7)14)5-12-9(15)16/h6-7,12H,4-5H2,1-3H3,(H,13,17)(H,15,16)/t6-,7+/m1/s1. The second kappa shape index (κ2) is 5.77. The van der Waals surface area contributed by atoms with Crippen molar-refractivity contribution in [3.8, 4) is 0 Å². The molecule has 8 nitrogen and oxygen atoms in total. The van der Waals surface area contributed by atoms with Crippen LogP contribution in [0.4, 0.5) is 9.59 Å². The number of hydrogen-bond donors (Lipinski definition) is 3. The Balaban J connectivity index is 2.41. The molecule has 0 bridgehead atoms. The lowest BCUT2D eigenvalue weighted by Crippen LogP contribution is -2.41. The number of rotatable bonds is 3. The number of alkyl carbamates (subject to hydrolysis) is 1. The largest absolute Gasteiger partial charge is 0.465 e. The molecule has 0 radical (unpaired) electrons. The van der Waals surface area contributed by atoms with E-state index in [1.807, 2.05) is 0 Å². The Morgan fingerprint density at radius 2 is 2.11 bits per heavy atom. The number of carbonyl (C=O) groups is 3. The summed E-state index contributed by atoms with van der Waals surface area (Å²) in [4.78, 5) is 33.3. The van der Waals surface area contributed by atoms with E-state index in [2.05, 4.69) is 10.6 Å². The second-order valence-corrected chi connectivity index (χ2v) is 5.18. The highest BCUT2D eigenvalue weighted by Gasteiger charge is 2.36. The summed E-state index contributed by atoms with van der Waals surface area (Å²) in [6.45, 7) is 5.12. The number of amides is 2. The maximum absolute atomic E-state index is 11.5. The topological polar surface area (TPSA) is 114 Å². The minimum atomic E-state index is -1.19. The molecule has 1 saturated heterocycles. The summed E-state index contributed by atoms with van der Waals surface area (Å²) in [5, 5.41) is 12.9. The highest BCUT2D eigenvalue weighted by atomic mass is 16.6. The van der Waals surface area contributed by atoms with Gasteiger partial charge in [0.2, 0.25) is 0 Å². The molecule has 0 unspecified atom stereocenters. The first-order valence-electron chi connectivity index (χ1n) is 5.84. The molecule has 1 rings (SSSR count). The van der Waals surface area contributed by atoms with Gasteiger partial charge < -0.3 is 25.2 Å². The van der Waals surface area contributed by atoms with Crippen LogP contribution in [0.15, 0.2) is 0 Å². The number of cyclic esters (lactones) is 1. The van der Waals surface area contributed by atoms with Gasteiger partial charge in [0.05, 0.1) is 6.54 Å². The van der Waals surface area contributed by atoms with Crippen LogP contribution >= 0.6 is 0 Å². The van der Waals surface area contributed by atoms with Gasteiger partial charge in [-0.3, -0.25) is 0 Å². The molecule has 0 spiro atoms. The lowest BCUT2D eigenvalue weighted by atomic mass is 10.1. The molecule has 2 amide bonds. The fraction of sp³-hybridized carbons (Fsp3) is 0.727. The highest BCUT2D eigenvalue weighted by molar-refractivity contribution is 5.83. The number of hydrogen-bond acceptors (Lipinski definition) is 5. The van der Waals surface area contributed by atoms with Crippen molar-refractivity contribution >= 4 is 18.2 Å². The number of nitrogens with one attached hydrogen (secondary N) is 2. The third kappa shape index (κ3) is 5.45. The molecule has 1 heterocycles. The Hall–Kier alpha value is -1.99. The summed E-state index contributed by atoms with van der Waals surface area (Å²) in [6.07, 6.45) is -2.28. The van der Waals surface area contributed by atoms with Crippen molar-refractivity contribution in [1.82, 2.24) is 10.6 Å². The smallest absolute Gasteiger partial charge is 0.408 e. The quantitative estimate of drug-likeness (QED) is 0.644. The number of esters is 1. The van der Waals surface area contributed by atoms with Crippen LogP contribution in [0, 0.1) is 0 Å². The summed E-state index contributed by atoms with van der Waals surface area (Å²) in [5.74, 6) is -0.594. The molecule has 3 N–H and O–H groups in total. The molecule has 0 aromatic heterocycles. The molecule has 108 valence electrons. The fourth-order valence-corrected chi connectivity index (χ4v) is 1.55. The van der Waals surface area contributed by atoms with Gasteiger partial charge in [-0.2, -0.15) is 0 Å². The number of carboxylic acid groups (broad SMARTS) is 1. The van der Waals surface area contributed by atoms with Gasteiger partial charge in [-0.1, -0.05) is 0 Å². The third-order valence-corrected chi connectivity index (χ3v) is 2.24. The molecule has 1 aliphatic rings. The molecule has 19 heavy (non-hydrogen) atoms. The van der Waals surface area contributed by atoms with Crippen LogP contribution in [0.5, 0.6) is 0 Å². The molecule has 1 fully saturated rings. The monoisotopic (exact) mass is 274 g/mol. The minimum Gasteiger partial charge on any atom is -0.465 e. The maximum atomic E-state index is 11.5. The van der Waals surface area contributed by atoms with Crippen molar-refractivity contribution in [2.75, 3.05) is 6.54 Å². The van der Waals surface area contributed by atoms with Gasteiger partial charge in [0.25, 0.3) is 0 Å². The van der Waals surface area contributed by atoms with Gasteiger partial charge in [-0.15, -0.1) is 0 Å². The second-order valence-electron chi connectivity index (χ2n) is 5.18. The Morgan fingerprint density at radius 3 is 2.63 bits per heavy atom. The van der Waals surface area contributed by atoms with Crippen LogP contribution in [0.1, 0.15) is 27.2 Å². The first-order chi connectivity index (χ1) is 8.67. The minimum absolute atomic E-state index is 0.00638. The first kappa shape index (κ1) is 15.1. The molecule has 2 atom stereocenters. The van der Waals surface area contributed by atoms with Gasteiger partial charge in [0.1, 0.15) is 17.7 Å². The lowest BCUT2D eigenvalue weighted by Gasteiger charge is -2.20. The molecule has 0 saturated carbocycles. The van der Waals surface area contributed by atoms with Crippen LogP contribution in [0.3, 0.4) is 0 Å². The molecular formula is C11H18N2O6. The third-order valence-electron chi connectivity index (χ3n) is 2.24. The molecule has 0 aromatic carbocycles. The zero-order valence-electron chi connectivity index (χ0n) is 11.1. The van der Waals surface area contributed by atoms with E-state index in [1.54, 1.807) is 20.8 Å². The maximum Gasteiger partial charge on any atom is 0.408 e. The predicted octanol–water partition coefficient (Wildman–Crippen LogP) is 0.463. The Labute approximate surface area is 110 Å².